The van der Waals surface area contributed by atoms with Gasteiger partial charge in [0.15, 0.2) is 0 Å². The van der Waals surface area contributed by atoms with Gasteiger partial charge in [-0.1, -0.05) is 25.1 Å². The summed E-state index contributed by atoms with van der Waals surface area (Å²) in [4.78, 5) is 15.5. The summed E-state index contributed by atoms with van der Waals surface area (Å²) in [6, 6.07) is 12.0. The molecule has 1 heterocycles. The molecule has 0 unspecified atom stereocenters. The van der Waals surface area contributed by atoms with E-state index in [-0.39, 0.29) is 5.91 Å². The number of amides is 1. The van der Waals surface area contributed by atoms with Crippen LogP contribution in [0.1, 0.15) is 11.8 Å². The van der Waals surface area contributed by atoms with E-state index in [1.807, 2.05) is 30.3 Å². The lowest BCUT2D eigenvalue weighted by molar-refractivity contribution is -0.117. The highest BCUT2D eigenvalue weighted by Gasteiger charge is 2.11. The molecule has 1 aromatic carbocycles. The van der Waals surface area contributed by atoms with E-state index in [2.05, 4.69) is 51.2 Å². The van der Waals surface area contributed by atoms with Crippen LogP contribution in [-0.2, 0) is 11.3 Å². The summed E-state index contributed by atoms with van der Waals surface area (Å²) in [6.07, 6.45) is 0. The maximum absolute atomic E-state index is 12.1. The highest BCUT2D eigenvalue weighted by molar-refractivity contribution is 14.1. The van der Waals surface area contributed by atoms with Crippen LogP contribution in [0.15, 0.2) is 41.8 Å². The Morgan fingerprint density at radius 3 is 2.75 bits per heavy atom. The van der Waals surface area contributed by atoms with Crippen LogP contribution in [0.2, 0.25) is 0 Å². The van der Waals surface area contributed by atoms with Crippen LogP contribution in [0.4, 0.5) is 5.69 Å². The van der Waals surface area contributed by atoms with Crippen molar-refractivity contribution in [2.45, 2.75) is 13.5 Å². The molecule has 0 bridgehead atoms. The Kier molecular flexibility index (Phi) is 6.00. The highest BCUT2D eigenvalue weighted by Crippen LogP contribution is 2.17. The summed E-state index contributed by atoms with van der Waals surface area (Å²) in [5.41, 5.74) is 0.880. The first kappa shape index (κ1) is 15.5. The summed E-state index contributed by atoms with van der Waals surface area (Å²) in [5.74, 6) is 0.0347. The van der Waals surface area contributed by atoms with Crippen molar-refractivity contribution in [3.63, 3.8) is 0 Å². The Labute approximate surface area is 137 Å². The Morgan fingerprint density at radius 2 is 2.10 bits per heavy atom. The second-order valence-electron chi connectivity index (χ2n) is 4.41. The largest absolute Gasteiger partial charge is 0.324 e. The number of carbonyl (C=O) groups is 1. The number of benzene rings is 1. The maximum Gasteiger partial charge on any atom is 0.238 e. The van der Waals surface area contributed by atoms with Crippen molar-refractivity contribution < 1.29 is 4.79 Å². The summed E-state index contributed by atoms with van der Waals surface area (Å²) in [5, 5.41) is 5.03. The van der Waals surface area contributed by atoms with Gasteiger partial charge in [0, 0.05) is 15.0 Å². The number of nitrogens with one attached hydrogen (secondary N) is 1. The Bertz CT molecular complexity index is 557. The lowest BCUT2D eigenvalue weighted by atomic mass is 10.3. The SMILES string of the molecule is CCN(CC(=O)Nc1ccccc1I)Cc1cccs1. The molecule has 3 nitrogen and oxygen atoms in total. The number of nitrogens with zero attached hydrogens (tertiary/aromatic N) is 1. The molecule has 2 rings (SSSR count). The molecule has 1 amide bonds. The molecule has 2 aromatic rings. The number of anilines is 1. The molecule has 0 aliphatic rings. The maximum atomic E-state index is 12.1. The van der Waals surface area contributed by atoms with Gasteiger partial charge >= 0.3 is 0 Å². The minimum absolute atomic E-state index is 0.0347. The lowest BCUT2D eigenvalue weighted by Gasteiger charge is -2.19. The summed E-state index contributed by atoms with van der Waals surface area (Å²) < 4.78 is 1.06. The van der Waals surface area contributed by atoms with E-state index in [1.54, 1.807) is 11.3 Å². The average molecular weight is 400 g/mol. The van der Waals surface area contributed by atoms with E-state index in [0.29, 0.717) is 6.54 Å². The third kappa shape index (κ3) is 4.57. The molecule has 0 fully saturated rings. The molecular weight excluding hydrogens is 383 g/mol. The predicted molar refractivity (Wildman–Crippen MR) is 93.1 cm³/mol. The number of thiophene rings is 1. The molecule has 0 spiro atoms. The fourth-order valence-corrected chi connectivity index (χ4v) is 3.13. The number of para-hydroxylation sites is 1. The van der Waals surface area contributed by atoms with Gasteiger partial charge in [-0.25, -0.2) is 0 Å². The fraction of sp³-hybridized carbons (Fsp3) is 0.267. The first-order valence-corrected chi connectivity index (χ1v) is 8.44. The third-order valence-corrected chi connectivity index (χ3v) is 4.72. The van der Waals surface area contributed by atoms with Gasteiger partial charge in [0.05, 0.1) is 12.2 Å². The quantitative estimate of drug-likeness (QED) is 0.748. The number of hydrogen-bond donors (Lipinski definition) is 1. The molecule has 0 saturated carbocycles. The van der Waals surface area contributed by atoms with E-state index in [0.717, 1.165) is 22.3 Å². The van der Waals surface area contributed by atoms with Crippen molar-refractivity contribution in [3.05, 3.63) is 50.2 Å². The van der Waals surface area contributed by atoms with Gasteiger partial charge in [-0.3, -0.25) is 9.69 Å². The second kappa shape index (κ2) is 7.75. The Morgan fingerprint density at radius 1 is 1.30 bits per heavy atom. The van der Waals surface area contributed by atoms with Crippen molar-refractivity contribution in [3.8, 4) is 0 Å². The third-order valence-electron chi connectivity index (χ3n) is 2.92. The zero-order valence-electron chi connectivity index (χ0n) is 11.3. The van der Waals surface area contributed by atoms with E-state index in [9.17, 15) is 4.79 Å². The number of rotatable bonds is 6. The number of hydrogen-bond acceptors (Lipinski definition) is 3. The normalized spacial score (nSPS) is 10.8. The molecule has 20 heavy (non-hydrogen) atoms. The number of likely N-dealkylation sites (N-methyl/N-ethyl adjacent to an activating group) is 1. The lowest BCUT2D eigenvalue weighted by Crippen LogP contribution is -2.32. The van der Waals surface area contributed by atoms with Gasteiger partial charge in [0.1, 0.15) is 0 Å². The van der Waals surface area contributed by atoms with E-state index in [1.165, 1.54) is 4.88 Å². The van der Waals surface area contributed by atoms with Crippen molar-refractivity contribution in [1.82, 2.24) is 4.90 Å². The van der Waals surface area contributed by atoms with E-state index >= 15 is 0 Å². The number of carbonyl (C=O) groups excluding carboxylic acids is 1. The van der Waals surface area contributed by atoms with E-state index in [4.69, 9.17) is 0 Å². The van der Waals surface area contributed by atoms with Crippen LogP contribution >= 0.6 is 33.9 Å². The molecule has 5 heteroatoms. The molecule has 0 atom stereocenters. The van der Waals surface area contributed by atoms with Crippen LogP contribution < -0.4 is 5.32 Å². The molecule has 0 saturated heterocycles. The van der Waals surface area contributed by atoms with Gasteiger partial charge < -0.3 is 5.32 Å². The summed E-state index contributed by atoms with van der Waals surface area (Å²) in [6.45, 7) is 4.18. The molecule has 1 aromatic heterocycles. The van der Waals surface area contributed by atoms with Crippen molar-refractivity contribution >= 4 is 45.5 Å². The fourth-order valence-electron chi connectivity index (χ4n) is 1.86. The molecule has 0 radical (unpaired) electrons. The topological polar surface area (TPSA) is 32.3 Å². The van der Waals surface area contributed by atoms with E-state index < -0.39 is 0 Å². The molecule has 1 N–H and O–H groups in total. The predicted octanol–water partition coefficient (Wildman–Crippen LogP) is 3.81. The minimum atomic E-state index is 0.0347. The van der Waals surface area contributed by atoms with Crippen LogP contribution in [0.25, 0.3) is 0 Å². The van der Waals surface area contributed by atoms with Crippen molar-refractivity contribution in [2.75, 3.05) is 18.4 Å². The van der Waals surface area contributed by atoms with Gasteiger partial charge in [-0.05, 0) is 52.7 Å². The van der Waals surface area contributed by atoms with Crippen LogP contribution in [0, 0.1) is 3.57 Å². The molecule has 106 valence electrons. The molecule has 0 aliphatic heterocycles. The summed E-state index contributed by atoms with van der Waals surface area (Å²) in [7, 11) is 0. The Hall–Kier alpha value is -0.920. The van der Waals surface area contributed by atoms with Gasteiger partial charge in [-0.2, -0.15) is 0 Å². The number of halogens is 1. The smallest absolute Gasteiger partial charge is 0.238 e. The van der Waals surface area contributed by atoms with Gasteiger partial charge in [0.2, 0.25) is 5.91 Å². The van der Waals surface area contributed by atoms with Gasteiger partial charge in [0.25, 0.3) is 0 Å². The molecule has 0 aliphatic carbocycles. The summed E-state index contributed by atoms with van der Waals surface area (Å²) >= 11 is 3.95. The van der Waals surface area contributed by atoms with Gasteiger partial charge in [-0.15, -0.1) is 11.3 Å². The zero-order chi connectivity index (χ0) is 14.4. The zero-order valence-corrected chi connectivity index (χ0v) is 14.3. The highest BCUT2D eigenvalue weighted by atomic mass is 127. The second-order valence-corrected chi connectivity index (χ2v) is 6.61. The Balaban J connectivity index is 1.91. The van der Waals surface area contributed by atoms with Crippen molar-refractivity contribution in [1.29, 1.82) is 0 Å². The van der Waals surface area contributed by atoms with Crippen LogP contribution in [-0.4, -0.2) is 23.9 Å². The first-order valence-electron chi connectivity index (χ1n) is 6.48. The van der Waals surface area contributed by atoms with Crippen LogP contribution in [0.3, 0.4) is 0 Å². The average Bonchev–Trinajstić information content (AvgIpc) is 2.93. The first-order chi connectivity index (χ1) is 9.69. The monoisotopic (exact) mass is 400 g/mol. The van der Waals surface area contributed by atoms with Crippen molar-refractivity contribution in [2.24, 2.45) is 0 Å². The standard InChI is InChI=1S/C15H17IN2OS/c1-2-18(10-12-6-5-9-20-12)11-15(19)17-14-8-4-3-7-13(14)16/h3-9H,2,10-11H2,1H3,(H,17,19). The molecular formula is C15H17IN2OS. The minimum Gasteiger partial charge on any atom is -0.324 e. The van der Waals surface area contributed by atoms with Crippen LogP contribution in [0.5, 0.6) is 0 Å².